The molecule has 1 fully saturated rings. The van der Waals surface area contributed by atoms with Crippen LogP contribution in [0.15, 0.2) is 0 Å². The lowest BCUT2D eigenvalue weighted by Crippen LogP contribution is -2.45. The predicted octanol–water partition coefficient (Wildman–Crippen LogP) is 2.47. The second kappa shape index (κ2) is 4.60. The van der Waals surface area contributed by atoms with Crippen molar-refractivity contribution in [3.63, 3.8) is 0 Å². The summed E-state index contributed by atoms with van der Waals surface area (Å²) < 4.78 is 4.27. The van der Waals surface area contributed by atoms with E-state index in [1.54, 1.807) is 0 Å². The van der Waals surface area contributed by atoms with E-state index in [1.807, 2.05) is 13.8 Å². The van der Waals surface area contributed by atoms with Crippen molar-refractivity contribution in [3.05, 3.63) is 5.82 Å². The Labute approximate surface area is 104 Å². The third kappa shape index (κ3) is 2.41. The van der Waals surface area contributed by atoms with Gasteiger partial charge < -0.3 is 10.4 Å². The number of carbonyl (C=O) groups is 1. The third-order valence-corrected chi connectivity index (χ3v) is 3.99. The summed E-state index contributed by atoms with van der Waals surface area (Å²) in [7, 11) is 0. The number of carboxylic acid groups (broad SMARTS) is 1. The van der Waals surface area contributed by atoms with E-state index >= 15 is 0 Å². The Hall–Kier alpha value is -1.17. The van der Waals surface area contributed by atoms with Gasteiger partial charge in [-0.05, 0) is 25.7 Å². The Kier molecular flexibility index (Phi) is 3.33. The average Bonchev–Trinajstić information content (AvgIpc) is 3.07. The van der Waals surface area contributed by atoms with E-state index in [0.717, 1.165) is 18.7 Å². The number of hydrogen-bond acceptors (Lipinski definition) is 5. The fourth-order valence-corrected chi connectivity index (χ4v) is 2.53. The zero-order valence-corrected chi connectivity index (χ0v) is 10.9. The van der Waals surface area contributed by atoms with Gasteiger partial charge >= 0.3 is 5.97 Å². The second-order valence-electron chi connectivity index (χ2n) is 4.45. The Morgan fingerprint density at radius 1 is 1.53 bits per heavy atom. The molecule has 0 amide bonds. The van der Waals surface area contributed by atoms with Crippen molar-refractivity contribution < 1.29 is 9.90 Å². The Bertz CT molecular complexity index is 411. The first-order valence-corrected chi connectivity index (χ1v) is 6.74. The van der Waals surface area contributed by atoms with Crippen molar-refractivity contribution in [2.75, 3.05) is 5.32 Å². The van der Waals surface area contributed by atoms with Gasteiger partial charge in [-0.2, -0.15) is 4.37 Å². The zero-order chi connectivity index (χ0) is 12.5. The predicted molar refractivity (Wildman–Crippen MR) is 66.5 cm³/mol. The van der Waals surface area contributed by atoms with Crippen molar-refractivity contribution in [1.29, 1.82) is 0 Å². The van der Waals surface area contributed by atoms with E-state index in [-0.39, 0.29) is 0 Å². The molecular weight excluding hydrogens is 238 g/mol. The minimum absolute atomic E-state index is 0.504. The number of carboxylic acids is 1. The van der Waals surface area contributed by atoms with Gasteiger partial charge in [-0.25, -0.2) is 9.78 Å². The fraction of sp³-hybridized carbons (Fsp3) is 0.727. The van der Waals surface area contributed by atoms with Crippen LogP contribution >= 0.6 is 11.5 Å². The summed E-state index contributed by atoms with van der Waals surface area (Å²) in [5.41, 5.74) is -0.916. The molecule has 0 atom stereocenters. The van der Waals surface area contributed by atoms with Crippen LogP contribution in [0, 0.1) is 0 Å². The molecule has 94 valence electrons. The summed E-state index contributed by atoms with van der Waals surface area (Å²) in [5.74, 6) is 0.541. The highest BCUT2D eigenvalue weighted by Crippen LogP contribution is 2.39. The van der Waals surface area contributed by atoms with E-state index in [9.17, 15) is 9.90 Å². The summed E-state index contributed by atoms with van der Waals surface area (Å²) in [4.78, 5) is 15.7. The van der Waals surface area contributed by atoms with Crippen LogP contribution in [-0.4, -0.2) is 26.0 Å². The molecule has 0 bridgehead atoms. The quantitative estimate of drug-likeness (QED) is 0.816. The first-order valence-electron chi connectivity index (χ1n) is 5.96. The number of aromatic nitrogens is 2. The van der Waals surface area contributed by atoms with Gasteiger partial charge in [-0.1, -0.05) is 13.8 Å². The van der Waals surface area contributed by atoms with E-state index in [1.165, 1.54) is 11.5 Å². The average molecular weight is 255 g/mol. The molecule has 17 heavy (non-hydrogen) atoms. The van der Waals surface area contributed by atoms with Crippen molar-refractivity contribution in [2.45, 2.75) is 51.0 Å². The van der Waals surface area contributed by atoms with Gasteiger partial charge in [-0.3, -0.25) is 0 Å². The maximum Gasteiger partial charge on any atom is 0.329 e. The third-order valence-electron chi connectivity index (χ3n) is 3.35. The molecule has 1 saturated carbocycles. The van der Waals surface area contributed by atoms with Crippen LogP contribution in [0.25, 0.3) is 0 Å². The van der Waals surface area contributed by atoms with Crippen molar-refractivity contribution in [3.8, 4) is 0 Å². The monoisotopic (exact) mass is 255 g/mol. The van der Waals surface area contributed by atoms with E-state index in [4.69, 9.17) is 0 Å². The van der Waals surface area contributed by atoms with Crippen molar-refractivity contribution >= 4 is 22.6 Å². The highest BCUT2D eigenvalue weighted by Gasteiger charge is 2.36. The molecule has 1 aliphatic rings. The highest BCUT2D eigenvalue weighted by molar-refractivity contribution is 7.09. The molecule has 2 N–H and O–H groups in total. The molecule has 6 heteroatoms. The van der Waals surface area contributed by atoms with Gasteiger partial charge in [0.2, 0.25) is 5.13 Å². The summed E-state index contributed by atoms with van der Waals surface area (Å²) in [6.45, 7) is 3.74. The largest absolute Gasteiger partial charge is 0.480 e. The Morgan fingerprint density at radius 3 is 2.65 bits per heavy atom. The molecule has 1 aromatic rings. The first-order chi connectivity index (χ1) is 8.11. The molecule has 1 aromatic heterocycles. The molecule has 0 saturated heterocycles. The van der Waals surface area contributed by atoms with Crippen LogP contribution < -0.4 is 5.32 Å². The van der Waals surface area contributed by atoms with E-state index in [0.29, 0.717) is 23.9 Å². The van der Waals surface area contributed by atoms with E-state index in [2.05, 4.69) is 14.7 Å². The van der Waals surface area contributed by atoms with Gasteiger partial charge in [0.05, 0.1) is 0 Å². The van der Waals surface area contributed by atoms with Crippen molar-refractivity contribution in [1.82, 2.24) is 9.36 Å². The maximum absolute atomic E-state index is 11.3. The van der Waals surface area contributed by atoms with Gasteiger partial charge in [0.15, 0.2) is 0 Å². The normalized spacial score (nSPS) is 15.9. The zero-order valence-electron chi connectivity index (χ0n) is 10.1. The number of aliphatic carboxylic acids is 1. The molecular formula is C11H17N3O2S. The molecule has 0 spiro atoms. The topological polar surface area (TPSA) is 75.1 Å². The highest BCUT2D eigenvalue weighted by atomic mass is 32.1. The lowest BCUT2D eigenvalue weighted by atomic mass is 9.93. The standard InChI is InChI=1S/C11H17N3O2S/c1-3-11(4-2,9(15)16)13-10-12-8(14-17-10)7-5-6-7/h7H,3-6H2,1-2H3,(H,15,16)(H,12,13,14). The number of anilines is 1. The number of hydrogen-bond donors (Lipinski definition) is 2. The number of nitrogens with zero attached hydrogens (tertiary/aromatic N) is 2. The van der Waals surface area contributed by atoms with E-state index < -0.39 is 11.5 Å². The molecule has 5 nitrogen and oxygen atoms in total. The molecule has 2 rings (SSSR count). The van der Waals surface area contributed by atoms with Gasteiger partial charge in [0, 0.05) is 17.5 Å². The van der Waals surface area contributed by atoms with Crippen LogP contribution in [0.5, 0.6) is 0 Å². The van der Waals surface area contributed by atoms with Crippen LogP contribution in [0.1, 0.15) is 51.3 Å². The van der Waals surface area contributed by atoms with Crippen LogP contribution in [-0.2, 0) is 4.79 Å². The molecule has 1 heterocycles. The first kappa shape index (κ1) is 12.3. The Balaban J connectivity index is 2.13. The lowest BCUT2D eigenvalue weighted by molar-refractivity contribution is -0.142. The molecule has 1 aliphatic carbocycles. The molecule has 0 aliphatic heterocycles. The van der Waals surface area contributed by atoms with Crippen molar-refractivity contribution in [2.24, 2.45) is 0 Å². The minimum atomic E-state index is -0.916. The van der Waals surface area contributed by atoms with Gasteiger partial charge in [0.1, 0.15) is 11.4 Å². The van der Waals surface area contributed by atoms with Crippen LogP contribution in [0.3, 0.4) is 0 Å². The van der Waals surface area contributed by atoms with Gasteiger partial charge in [0.25, 0.3) is 0 Å². The molecule has 0 aromatic carbocycles. The summed E-state index contributed by atoms with van der Waals surface area (Å²) >= 11 is 1.26. The summed E-state index contributed by atoms with van der Waals surface area (Å²) in [6.07, 6.45) is 3.36. The second-order valence-corrected chi connectivity index (χ2v) is 5.20. The number of rotatable bonds is 6. The fourth-order valence-electron chi connectivity index (χ4n) is 1.78. The number of nitrogens with one attached hydrogen (secondary N) is 1. The summed E-state index contributed by atoms with van der Waals surface area (Å²) in [6, 6.07) is 0. The Morgan fingerprint density at radius 2 is 2.18 bits per heavy atom. The lowest BCUT2D eigenvalue weighted by Gasteiger charge is -2.27. The minimum Gasteiger partial charge on any atom is -0.480 e. The molecule has 0 radical (unpaired) electrons. The SMILES string of the molecule is CCC(CC)(Nc1nc(C2CC2)ns1)C(=O)O. The summed E-state index contributed by atoms with van der Waals surface area (Å²) in [5, 5.41) is 13.0. The molecule has 0 unspecified atom stereocenters. The maximum atomic E-state index is 11.3. The van der Waals surface area contributed by atoms with Crippen LogP contribution in [0.2, 0.25) is 0 Å². The van der Waals surface area contributed by atoms with Crippen LogP contribution in [0.4, 0.5) is 5.13 Å². The van der Waals surface area contributed by atoms with Gasteiger partial charge in [-0.15, -0.1) is 0 Å². The smallest absolute Gasteiger partial charge is 0.329 e.